The highest BCUT2D eigenvalue weighted by atomic mass is 16.5. The number of hydrogen-bond donors (Lipinski definition) is 1. The minimum Gasteiger partial charge on any atom is -0.383 e. The van der Waals surface area contributed by atoms with E-state index in [4.69, 9.17) is 10.5 Å². The molecule has 2 unspecified atom stereocenters. The fourth-order valence-electron chi connectivity index (χ4n) is 3.63. The summed E-state index contributed by atoms with van der Waals surface area (Å²) < 4.78 is 5.25. The zero-order valence-electron chi connectivity index (χ0n) is 12.2. The Morgan fingerprint density at radius 3 is 2.67 bits per heavy atom. The monoisotopic (exact) mass is 254 g/mol. The Bertz CT molecular complexity index is 255. The molecule has 0 aromatic carbocycles. The molecule has 3 nitrogen and oxygen atoms in total. The van der Waals surface area contributed by atoms with Crippen LogP contribution in [0.25, 0.3) is 0 Å². The van der Waals surface area contributed by atoms with Crippen molar-refractivity contribution in [2.45, 2.75) is 51.5 Å². The summed E-state index contributed by atoms with van der Waals surface area (Å²) in [7, 11) is 1.80. The lowest BCUT2D eigenvalue weighted by Gasteiger charge is -2.43. The second-order valence-electron chi connectivity index (χ2n) is 6.60. The third-order valence-electron chi connectivity index (χ3n) is 4.80. The van der Waals surface area contributed by atoms with E-state index in [2.05, 4.69) is 11.8 Å². The van der Waals surface area contributed by atoms with E-state index in [1.807, 2.05) is 0 Å². The van der Waals surface area contributed by atoms with Crippen molar-refractivity contribution in [3.05, 3.63) is 0 Å². The molecule has 2 aliphatic rings. The maximum absolute atomic E-state index is 6.14. The van der Waals surface area contributed by atoms with Crippen LogP contribution in [0.1, 0.15) is 45.4 Å². The fourth-order valence-corrected chi connectivity index (χ4v) is 3.63. The molecule has 0 amide bonds. The Balaban J connectivity index is 1.93. The van der Waals surface area contributed by atoms with Crippen LogP contribution in [-0.4, -0.2) is 44.3 Å². The molecule has 0 radical (unpaired) electrons. The van der Waals surface area contributed by atoms with E-state index >= 15 is 0 Å². The van der Waals surface area contributed by atoms with Crippen molar-refractivity contribution in [1.29, 1.82) is 0 Å². The normalized spacial score (nSPS) is 33.0. The van der Waals surface area contributed by atoms with Crippen LogP contribution in [0.3, 0.4) is 0 Å². The minimum atomic E-state index is 0.383. The van der Waals surface area contributed by atoms with Crippen molar-refractivity contribution in [2.24, 2.45) is 17.1 Å². The highest BCUT2D eigenvalue weighted by molar-refractivity contribution is 4.93. The van der Waals surface area contributed by atoms with Gasteiger partial charge < -0.3 is 10.5 Å². The SMILES string of the molecule is COCCN(CC1(CN)CCCC(C)C1)C1CC1. The van der Waals surface area contributed by atoms with Gasteiger partial charge in [-0.1, -0.05) is 19.8 Å². The van der Waals surface area contributed by atoms with Gasteiger partial charge in [0.15, 0.2) is 0 Å². The number of methoxy groups -OCH3 is 1. The lowest BCUT2D eigenvalue weighted by atomic mass is 9.69. The zero-order chi connectivity index (χ0) is 13.0. The zero-order valence-corrected chi connectivity index (χ0v) is 12.2. The van der Waals surface area contributed by atoms with Gasteiger partial charge in [0, 0.05) is 26.2 Å². The molecular formula is C15H30N2O. The van der Waals surface area contributed by atoms with Gasteiger partial charge in [0.25, 0.3) is 0 Å². The summed E-state index contributed by atoms with van der Waals surface area (Å²) in [5.74, 6) is 0.853. The van der Waals surface area contributed by atoms with Crippen molar-refractivity contribution in [1.82, 2.24) is 4.90 Å². The summed E-state index contributed by atoms with van der Waals surface area (Å²) in [4.78, 5) is 2.65. The van der Waals surface area contributed by atoms with Crippen LogP contribution in [0.4, 0.5) is 0 Å². The van der Waals surface area contributed by atoms with E-state index < -0.39 is 0 Å². The molecule has 2 atom stereocenters. The molecule has 0 bridgehead atoms. The van der Waals surface area contributed by atoms with Gasteiger partial charge in [-0.15, -0.1) is 0 Å². The molecular weight excluding hydrogens is 224 g/mol. The van der Waals surface area contributed by atoms with E-state index in [1.165, 1.54) is 45.1 Å². The molecule has 2 saturated carbocycles. The van der Waals surface area contributed by atoms with E-state index in [1.54, 1.807) is 7.11 Å². The van der Waals surface area contributed by atoms with Crippen LogP contribution >= 0.6 is 0 Å². The number of ether oxygens (including phenoxy) is 1. The summed E-state index contributed by atoms with van der Waals surface area (Å²) in [6.45, 7) is 6.37. The molecule has 0 saturated heterocycles. The third kappa shape index (κ3) is 3.69. The van der Waals surface area contributed by atoms with E-state index in [0.29, 0.717) is 5.41 Å². The summed E-state index contributed by atoms with van der Waals surface area (Å²) in [5, 5.41) is 0. The summed E-state index contributed by atoms with van der Waals surface area (Å²) in [5.41, 5.74) is 6.52. The smallest absolute Gasteiger partial charge is 0.0589 e. The molecule has 3 heteroatoms. The van der Waals surface area contributed by atoms with Crippen molar-refractivity contribution >= 4 is 0 Å². The van der Waals surface area contributed by atoms with Crippen LogP contribution < -0.4 is 5.73 Å². The lowest BCUT2D eigenvalue weighted by molar-refractivity contribution is 0.0654. The topological polar surface area (TPSA) is 38.5 Å². The lowest BCUT2D eigenvalue weighted by Crippen LogP contribution is -2.46. The van der Waals surface area contributed by atoms with Gasteiger partial charge >= 0.3 is 0 Å². The van der Waals surface area contributed by atoms with Gasteiger partial charge in [0.1, 0.15) is 0 Å². The number of nitrogens with two attached hydrogens (primary N) is 1. The molecule has 2 aliphatic carbocycles. The molecule has 2 fully saturated rings. The van der Waals surface area contributed by atoms with Crippen LogP contribution in [0.2, 0.25) is 0 Å². The minimum absolute atomic E-state index is 0.383. The van der Waals surface area contributed by atoms with Crippen LogP contribution in [0.5, 0.6) is 0 Å². The van der Waals surface area contributed by atoms with E-state index in [9.17, 15) is 0 Å². The molecule has 0 aromatic heterocycles. The molecule has 0 aliphatic heterocycles. The van der Waals surface area contributed by atoms with Gasteiger partial charge in [-0.3, -0.25) is 4.90 Å². The Morgan fingerprint density at radius 1 is 1.33 bits per heavy atom. The predicted molar refractivity (Wildman–Crippen MR) is 75.6 cm³/mol. The van der Waals surface area contributed by atoms with Crippen LogP contribution in [-0.2, 0) is 4.74 Å². The third-order valence-corrected chi connectivity index (χ3v) is 4.80. The first-order chi connectivity index (χ1) is 8.69. The van der Waals surface area contributed by atoms with Crippen molar-refractivity contribution in [2.75, 3.05) is 33.4 Å². The van der Waals surface area contributed by atoms with Gasteiger partial charge in [-0.25, -0.2) is 0 Å². The van der Waals surface area contributed by atoms with Crippen LogP contribution in [0, 0.1) is 11.3 Å². The Hall–Kier alpha value is -0.120. The molecule has 2 N–H and O–H groups in total. The van der Waals surface area contributed by atoms with E-state index in [0.717, 1.165) is 31.7 Å². The first-order valence-electron chi connectivity index (χ1n) is 7.62. The second-order valence-corrected chi connectivity index (χ2v) is 6.60. The molecule has 18 heavy (non-hydrogen) atoms. The van der Waals surface area contributed by atoms with Crippen molar-refractivity contribution < 1.29 is 4.74 Å². The van der Waals surface area contributed by atoms with Crippen molar-refractivity contribution in [3.63, 3.8) is 0 Å². The summed E-state index contributed by atoms with van der Waals surface area (Å²) in [6.07, 6.45) is 8.15. The number of hydrogen-bond acceptors (Lipinski definition) is 3. The fraction of sp³-hybridized carbons (Fsp3) is 1.00. The van der Waals surface area contributed by atoms with Crippen molar-refractivity contribution in [3.8, 4) is 0 Å². The molecule has 0 spiro atoms. The van der Waals surface area contributed by atoms with Gasteiger partial charge in [-0.05, 0) is 43.6 Å². The molecule has 0 aromatic rings. The Labute approximate surface area is 112 Å². The molecule has 0 heterocycles. The second kappa shape index (κ2) is 6.36. The average Bonchev–Trinajstić information content (AvgIpc) is 3.19. The van der Waals surface area contributed by atoms with Gasteiger partial charge in [0.2, 0.25) is 0 Å². The number of nitrogens with zero attached hydrogens (tertiary/aromatic N) is 1. The number of rotatable bonds is 7. The highest BCUT2D eigenvalue weighted by Crippen LogP contribution is 2.41. The van der Waals surface area contributed by atoms with E-state index in [-0.39, 0.29) is 0 Å². The maximum atomic E-state index is 6.14. The molecule has 106 valence electrons. The Morgan fingerprint density at radius 2 is 2.11 bits per heavy atom. The Kier molecular flexibility index (Phi) is 5.05. The summed E-state index contributed by atoms with van der Waals surface area (Å²) >= 11 is 0. The largest absolute Gasteiger partial charge is 0.383 e. The van der Waals surface area contributed by atoms with Crippen LogP contribution in [0.15, 0.2) is 0 Å². The maximum Gasteiger partial charge on any atom is 0.0589 e. The first-order valence-corrected chi connectivity index (χ1v) is 7.62. The first kappa shape index (κ1) is 14.3. The van der Waals surface area contributed by atoms with Gasteiger partial charge in [0.05, 0.1) is 6.61 Å². The summed E-state index contributed by atoms with van der Waals surface area (Å²) in [6, 6.07) is 0.820. The highest BCUT2D eigenvalue weighted by Gasteiger charge is 2.39. The standard InChI is InChI=1S/C15H30N2O/c1-13-4-3-7-15(10-13,11-16)12-17(8-9-18-2)14-5-6-14/h13-14H,3-12,16H2,1-2H3. The quantitative estimate of drug-likeness (QED) is 0.757. The van der Waals surface area contributed by atoms with Gasteiger partial charge in [-0.2, -0.15) is 0 Å². The average molecular weight is 254 g/mol. The molecule has 2 rings (SSSR count). The predicted octanol–water partition coefficient (Wildman–Crippen LogP) is 2.25.